The molecule has 2 heterocycles. The topological polar surface area (TPSA) is 29.9 Å². The molecule has 3 rings (SSSR count). The Morgan fingerprint density at radius 1 is 1.40 bits per heavy atom. The van der Waals surface area contributed by atoms with Crippen LogP contribution in [-0.2, 0) is 13.1 Å². The van der Waals surface area contributed by atoms with Gasteiger partial charge in [0.25, 0.3) is 0 Å². The summed E-state index contributed by atoms with van der Waals surface area (Å²) in [7, 11) is 0. The highest BCUT2D eigenvalue weighted by atomic mass is 32.2. The lowest BCUT2D eigenvalue weighted by molar-refractivity contribution is 0.530. The second kappa shape index (κ2) is 5.78. The summed E-state index contributed by atoms with van der Waals surface area (Å²) >= 11 is 2.11. The minimum Gasteiger partial charge on any atom is -0.310 e. The van der Waals surface area contributed by atoms with Crippen LogP contribution in [0.15, 0.2) is 24.3 Å². The summed E-state index contributed by atoms with van der Waals surface area (Å²) in [5.41, 5.74) is 2.42. The van der Waals surface area contributed by atoms with E-state index in [1.807, 2.05) is 0 Å². The van der Waals surface area contributed by atoms with Gasteiger partial charge in [0, 0.05) is 29.8 Å². The lowest BCUT2D eigenvalue weighted by Gasteiger charge is -2.22. The number of benzene rings is 1. The van der Waals surface area contributed by atoms with E-state index < -0.39 is 0 Å². The maximum atomic E-state index is 4.74. The smallest absolute Gasteiger partial charge is 0.0841 e. The lowest BCUT2D eigenvalue weighted by Crippen LogP contribution is -2.32. The summed E-state index contributed by atoms with van der Waals surface area (Å²) in [5, 5.41) is 9.64. The fourth-order valence-corrected chi connectivity index (χ4v) is 4.26. The predicted molar refractivity (Wildman–Crippen MR) is 87.2 cm³/mol. The first-order valence-corrected chi connectivity index (χ1v) is 8.49. The molecule has 1 aromatic heterocycles. The quantitative estimate of drug-likeness (QED) is 0.914. The number of nitrogens with zero attached hydrogens (tertiary/aromatic N) is 2. The Balaban J connectivity index is 1.71. The minimum absolute atomic E-state index is 0.420. The number of para-hydroxylation sites is 1. The highest BCUT2D eigenvalue weighted by molar-refractivity contribution is 8.00. The van der Waals surface area contributed by atoms with E-state index in [2.05, 4.69) is 59.9 Å². The van der Waals surface area contributed by atoms with Crippen molar-refractivity contribution in [1.29, 1.82) is 0 Å². The van der Waals surface area contributed by atoms with E-state index >= 15 is 0 Å². The standard InChI is InChI=1S/C16H23N3S/c1-3-19-15-8-5-4-7-13(15)14(18-19)11-17-12-16(2)9-6-10-20-16/h4-5,7-8,17H,3,6,9-12H2,1-2H3. The molecule has 1 aromatic carbocycles. The molecule has 0 bridgehead atoms. The molecule has 0 spiro atoms. The van der Waals surface area contributed by atoms with Crippen LogP contribution < -0.4 is 5.32 Å². The van der Waals surface area contributed by atoms with E-state index in [4.69, 9.17) is 5.10 Å². The summed E-state index contributed by atoms with van der Waals surface area (Å²) in [6.07, 6.45) is 2.69. The average molecular weight is 289 g/mol. The number of rotatable bonds is 5. The third-order valence-corrected chi connectivity index (χ3v) is 5.66. The molecular weight excluding hydrogens is 266 g/mol. The zero-order chi connectivity index (χ0) is 14.0. The maximum Gasteiger partial charge on any atom is 0.0841 e. The van der Waals surface area contributed by atoms with Crippen LogP contribution in [0.1, 0.15) is 32.4 Å². The van der Waals surface area contributed by atoms with Crippen molar-refractivity contribution < 1.29 is 0 Å². The molecule has 1 fully saturated rings. The first-order chi connectivity index (χ1) is 9.72. The second-order valence-corrected chi connectivity index (χ2v) is 7.47. The number of nitrogens with one attached hydrogen (secondary N) is 1. The van der Waals surface area contributed by atoms with Gasteiger partial charge in [0.2, 0.25) is 0 Å². The van der Waals surface area contributed by atoms with Crippen molar-refractivity contribution in [3.05, 3.63) is 30.0 Å². The Bertz CT molecular complexity index is 584. The van der Waals surface area contributed by atoms with E-state index in [1.165, 1.54) is 35.2 Å². The highest BCUT2D eigenvalue weighted by Gasteiger charge is 2.28. The van der Waals surface area contributed by atoms with Crippen LogP contribution in [-0.4, -0.2) is 26.8 Å². The molecular formula is C16H23N3S. The van der Waals surface area contributed by atoms with Crippen molar-refractivity contribution in [2.75, 3.05) is 12.3 Å². The molecule has 0 saturated carbocycles. The number of hydrogen-bond donors (Lipinski definition) is 1. The third-order valence-electron chi connectivity index (χ3n) is 4.13. The lowest BCUT2D eigenvalue weighted by atomic mass is 10.1. The Morgan fingerprint density at radius 3 is 3.00 bits per heavy atom. The molecule has 2 aromatic rings. The van der Waals surface area contributed by atoms with Crippen molar-refractivity contribution in [3.63, 3.8) is 0 Å². The Morgan fingerprint density at radius 2 is 2.25 bits per heavy atom. The van der Waals surface area contributed by atoms with Gasteiger partial charge in [-0.25, -0.2) is 0 Å². The largest absolute Gasteiger partial charge is 0.310 e. The van der Waals surface area contributed by atoms with E-state index in [1.54, 1.807) is 0 Å². The SMILES string of the molecule is CCn1nc(CNCC2(C)CCCS2)c2ccccc21. The summed E-state index contributed by atoms with van der Waals surface area (Å²) in [6.45, 7) is 7.38. The van der Waals surface area contributed by atoms with Crippen LogP contribution >= 0.6 is 11.8 Å². The average Bonchev–Trinajstić information content (AvgIpc) is 3.04. The first kappa shape index (κ1) is 14.0. The highest BCUT2D eigenvalue weighted by Crippen LogP contribution is 2.37. The normalized spacial score (nSPS) is 22.7. The van der Waals surface area contributed by atoms with Gasteiger partial charge in [0.1, 0.15) is 0 Å². The Kier molecular flexibility index (Phi) is 4.03. The first-order valence-electron chi connectivity index (χ1n) is 7.51. The molecule has 0 aliphatic carbocycles. The van der Waals surface area contributed by atoms with Crippen LogP contribution in [0.3, 0.4) is 0 Å². The van der Waals surface area contributed by atoms with Crippen molar-refractivity contribution in [1.82, 2.24) is 15.1 Å². The summed E-state index contributed by atoms with van der Waals surface area (Å²) in [5.74, 6) is 1.31. The number of aromatic nitrogens is 2. The molecule has 1 N–H and O–H groups in total. The molecule has 20 heavy (non-hydrogen) atoms. The zero-order valence-corrected chi connectivity index (χ0v) is 13.2. The molecule has 108 valence electrons. The van der Waals surface area contributed by atoms with Crippen LogP contribution in [0.5, 0.6) is 0 Å². The number of thioether (sulfide) groups is 1. The third kappa shape index (κ3) is 2.72. The fraction of sp³-hybridized carbons (Fsp3) is 0.562. The summed E-state index contributed by atoms with van der Waals surface area (Å²) in [4.78, 5) is 0. The molecule has 0 radical (unpaired) electrons. The molecule has 1 aliphatic rings. The predicted octanol–water partition coefficient (Wildman–Crippen LogP) is 3.43. The van der Waals surface area contributed by atoms with Crippen LogP contribution in [0.2, 0.25) is 0 Å². The minimum atomic E-state index is 0.420. The molecule has 0 amide bonds. The van der Waals surface area contributed by atoms with Gasteiger partial charge in [-0.2, -0.15) is 16.9 Å². The molecule has 3 nitrogen and oxygen atoms in total. The van der Waals surface area contributed by atoms with Crippen LogP contribution in [0.4, 0.5) is 0 Å². The molecule has 1 atom stereocenters. The summed E-state index contributed by atoms with van der Waals surface area (Å²) < 4.78 is 2.52. The van der Waals surface area contributed by atoms with Gasteiger partial charge in [-0.3, -0.25) is 4.68 Å². The second-order valence-electron chi connectivity index (χ2n) is 5.79. The number of aryl methyl sites for hydroxylation is 1. The van der Waals surface area contributed by atoms with Crippen molar-refractivity contribution in [2.45, 2.75) is 44.5 Å². The van der Waals surface area contributed by atoms with Crippen LogP contribution in [0, 0.1) is 0 Å². The van der Waals surface area contributed by atoms with Crippen molar-refractivity contribution in [2.24, 2.45) is 0 Å². The van der Waals surface area contributed by atoms with Crippen molar-refractivity contribution >= 4 is 22.7 Å². The number of hydrogen-bond acceptors (Lipinski definition) is 3. The van der Waals surface area contributed by atoms with Gasteiger partial charge in [0.15, 0.2) is 0 Å². The molecule has 4 heteroatoms. The molecule has 1 aliphatic heterocycles. The molecule has 1 saturated heterocycles. The summed E-state index contributed by atoms with van der Waals surface area (Å²) in [6, 6.07) is 8.52. The van der Waals surface area contributed by atoms with E-state index in [-0.39, 0.29) is 0 Å². The molecule has 1 unspecified atom stereocenters. The maximum absolute atomic E-state index is 4.74. The fourth-order valence-electron chi connectivity index (χ4n) is 2.99. The van der Waals surface area contributed by atoms with Gasteiger partial charge < -0.3 is 5.32 Å². The van der Waals surface area contributed by atoms with E-state index in [0.29, 0.717) is 4.75 Å². The van der Waals surface area contributed by atoms with E-state index in [9.17, 15) is 0 Å². The van der Waals surface area contributed by atoms with Gasteiger partial charge in [-0.1, -0.05) is 18.2 Å². The van der Waals surface area contributed by atoms with Gasteiger partial charge in [-0.05, 0) is 38.5 Å². The zero-order valence-electron chi connectivity index (χ0n) is 12.4. The van der Waals surface area contributed by atoms with Crippen LogP contribution in [0.25, 0.3) is 10.9 Å². The monoisotopic (exact) mass is 289 g/mol. The van der Waals surface area contributed by atoms with Crippen molar-refractivity contribution in [3.8, 4) is 0 Å². The Hall–Kier alpha value is -1.00. The van der Waals surface area contributed by atoms with Gasteiger partial charge >= 0.3 is 0 Å². The number of fused-ring (bicyclic) bond motifs is 1. The van der Waals surface area contributed by atoms with Gasteiger partial charge in [-0.15, -0.1) is 0 Å². The van der Waals surface area contributed by atoms with Gasteiger partial charge in [0.05, 0.1) is 11.2 Å². The van der Waals surface area contributed by atoms with E-state index in [0.717, 1.165) is 19.6 Å². The Labute approximate surface area is 125 Å².